The van der Waals surface area contributed by atoms with Crippen LogP contribution in [0.15, 0.2) is 66.2 Å². The SMILES string of the molecule is CN1CCOc2ccc(/C(O)=C3\C(=O)C(=O)N(c4ccc(F)cc4)C3c3ccc(O)c([N+](=O)[O-])c3)cc21. The van der Waals surface area contributed by atoms with E-state index in [1.807, 2.05) is 11.9 Å². The number of likely N-dealkylation sites (N-methyl/N-ethyl adjacent to an activating group) is 1. The molecule has 2 aliphatic rings. The molecule has 0 aliphatic carbocycles. The molecule has 2 N–H and O–H groups in total. The first-order valence-corrected chi connectivity index (χ1v) is 11.2. The molecule has 0 spiro atoms. The zero-order valence-corrected chi connectivity index (χ0v) is 19.4. The number of amides is 1. The van der Waals surface area contributed by atoms with Crippen molar-refractivity contribution in [1.82, 2.24) is 0 Å². The number of anilines is 2. The third kappa shape index (κ3) is 3.99. The number of nitro benzene ring substituents is 1. The first-order valence-electron chi connectivity index (χ1n) is 11.2. The van der Waals surface area contributed by atoms with Crippen molar-refractivity contribution in [2.45, 2.75) is 6.04 Å². The summed E-state index contributed by atoms with van der Waals surface area (Å²) >= 11 is 0. The number of benzene rings is 3. The second-order valence-electron chi connectivity index (χ2n) is 8.60. The zero-order valence-electron chi connectivity index (χ0n) is 19.4. The summed E-state index contributed by atoms with van der Waals surface area (Å²) < 4.78 is 19.2. The Labute approximate surface area is 209 Å². The number of ketones is 1. The highest BCUT2D eigenvalue weighted by Gasteiger charge is 2.47. The van der Waals surface area contributed by atoms with Crippen molar-refractivity contribution in [2.75, 3.05) is 30.0 Å². The molecule has 1 saturated heterocycles. The van der Waals surface area contributed by atoms with Crippen LogP contribution in [-0.4, -0.2) is 47.0 Å². The third-order valence-electron chi connectivity index (χ3n) is 6.39. The number of carbonyl (C=O) groups excluding carboxylic acids is 2. The number of fused-ring (bicyclic) bond motifs is 1. The van der Waals surface area contributed by atoms with Gasteiger partial charge in [0.1, 0.15) is 23.9 Å². The van der Waals surface area contributed by atoms with Gasteiger partial charge < -0.3 is 19.8 Å². The van der Waals surface area contributed by atoms with Crippen molar-refractivity contribution in [2.24, 2.45) is 0 Å². The van der Waals surface area contributed by atoms with Gasteiger partial charge in [0, 0.05) is 24.4 Å². The minimum absolute atomic E-state index is 0.0907. The number of aromatic hydroxyl groups is 1. The van der Waals surface area contributed by atoms with Crippen LogP contribution in [0.1, 0.15) is 17.2 Å². The average molecular weight is 505 g/mol. The Morgan fingerprint density at radius 3 is 2.54 bits per heavy atom. The second-order valence-corrected chi connectivity index (χ2v) is 8.60. The van der Waals surface area contributed by atoms with E-state index in [2.05, 4.69) is 0 Å². The molecule has 10 nitrogen and oxygen atoms in total. The van der Waals surface area contributed by atoms with Crippen LogP contribution >= 0.6 is 0 Å². The van der Waals surface area contributed by atoms with Gasteiger partial charge in [-0.2, -0.15) is 0 Å². The predicted octanol–water partition coefficient (Wildman–Crippen LogP) is 3.89. The summed E-state index contributed by atoms with van der Waals surface area (Å²) in [5.74, 6) is -3.12. The summed E-state index contributed by atoms with van der Waals surface area (Å²) in [6.07, 6.45) is 0. The fourth-order valence-electron chi connectivity index (χ4n) is 4.53. The van der Waals surface area contributed by atoms with Crippen LogP contribution in [-0.2, 0) is 9.59 Å². The van der Waals surface area contributed by atoms with Crippen LogP contribution in [0.3, 0.4) is 0 Å². The summed E-state index contributed by atoms with van der Waals surface area (Å²) in [7, 11) is 1.84. The molecule has 0 bridgehead atoms. The van der Waals surface area contributed by atoms with Gasteiger partial charge in [-0.1, -0.05) is 6.07 Å². The van der Waals surface area contributed by atoms with Crippen molar-refractivity contribution in [3.8, 4) is 11.5 Å². The Kier molecular flexibility index (Phi) is 5.75. The quantitative estimate of drug-likeness (QED) is 0.179. The van der Waals surface area contributed by atoms with Crippen LogP contribution < -0.4 is 14.5 Å². The molecule has 3 aromatic carbocycles. The number of Topliss-reactive ketones (excluding diaryl/α,β-unsaturated/α-hetero) is 1. The third-order valence-corrected chi connectivity index (χ3v) is 6.39. The number of halogens is 1. The lowest BCUT2D eigenvalue weighted by molar-refractivity contribution is -0.385. The zero-order chi connectivity index (χ0) is 26.4. The highest BCUT2D eigenvalue weighted by Crippen LogP contribution is 2.44. The topological polar surface area (TPSA) is 133 Å². The number of rotatable bonds is 4. The van der Waals surface area contributed by atoms with Gasteiger partial charge in [0.15, 0.2) is 5.75 Å². The van der Waals surface area contributed by atoms with E-state index >= 15 is 0 Å². The van der Waals surface area contributed by atoms with Gasteiger partial charge in [-0.25, -0.2) is 4.39 Å². The molecular weight excluding hydrogens is 485 g/mol. The lowest BCUT2D eigenvalue weighted by atomic mass is 9.94. The van der Waals surface area contributed by atoms with Gasteiger partial charge in [-0.15, -0.1) is 0 Å². The van der Waals surface area contributed by atoms with Crippen LogP contribution in [0.4, 0.5) is 21.5 Å². The number of hydrogen-bond donors (Lipinski definition) is 2. The number of carbonyl (C=O) groups is 2. The first kappa shape index (κ1) is 23.8. The predicted molar refractivity (Wildman–Crippen MR) is 131 cm³/mol. The average Bonchev–Trinajstić information content (AvgIpc) is 3.14. The normalized spacial score (nSPS) is 18.5. The lowest BCUT2D eigenvalue weighted by Gasteiger charge is -2.28. The van der Waals surface area contributed by atoms with Crippen LogP contribution in [0, 0.1) is 15.9 Å². The summed E-state index contributed by atoms with van der Waals surface area (Å²) in [5, 5.41) is 32.8. The van der Waals surface area contributed by atoms with Gasteiger partial charge in [0.05, 0.1) is 28.8 Å². The Hall–Kier alpha value is -4.93. The Balaban J connectivity index is 1.73. The second kappa shape index (κ2) is 8.94. The largest absolute Gasteiger partial charge is 0.507 e. The van der Waals surface area contributed by atoms with E-state index in [0.29, 0.717) is 24.6 Å². The maximum absolute atomic E-state index is 13.6. The number of aliphatic hydroxyl groups excluding tert-OH is 1. The minimum atomic E-state index is -1.30. The van der Waals surface area contributed by atoms with Crippen LogP contribution in [0.5, 0.6) is 11.5 Å². The number of phenols is 1. The van der Waals surface area contributed by atoms with Gasteiger partial charge in [-0.3, -0.25) is 24.6 Å². The number of nitrogens with zero attached hydrogens (tertiary/aromatic N) is 3. The van der Waals surface area contributed by atoms with Gasteiger partial charge in [0.25, 0.3) is 11.7 Å². The summed E-state index contributed by atoms with van der Waals surface area (Å²) in [6, 6.07) is 11.7. The summed E-state index contributed by atoms with van der Waals surface area (Å²) in [4.78, 5) is 40.1. The maximum atomic E-state index is 13.6. The lowest BCUT2D eigenvalue weighted by Crippen LogP contribution is -2.29. The summed E-state index contributed by atoms with van der Waals surface area (Å²) in [5.41, 5.74) is 0.171. The van der Waals surface area contributed by atoms with Crippen molar-refractivity contribution in [1.29, 1.82) is 0 Å². The van der Waals surface area contributed by atoms with E-state index in [-0.39, 0.29) is 22.4 Å². The van der Waals surface area contributed by atoms with Crippen molar-refractivity contribution in [3.05, 3.63) is 93.3 Å². The molecule has 3 aromatic rings. The molecule has 1 amide bonds. The minimum Gasteiger partial charge on any atom is -0.507 e. The summed E-state index contributed by atoms with van der Waals surface area (Å²) in [6.45, 7) is 1.08. The van der Waals surface area contributed by atoms with Crippen LogP contribution in [0.25, 0.3) is 5.76 Å². The smallest absolute Gasteiger partial charge is 0.311 e. The van der Waals surface area contributed by atoms with Gasteiger partial charge in [-0.05, 0) is 54.1 Å². The highest BCUT2D eigenvalue weighted by atomic mass is 19.1. The molecule has 0 radical (unpaired) electrons. The van der Waals surface area contributed by atoms with E-state index in [4.69, 9.17) is 4.74 Å². The molecule has 0 saturated carbocycles. The number of hydrogen-bond acceptors (Lipinski definition) is 8. The fraction of sp³-hybridized carbons (Fsp3) is 0.154. The van der Waals surface area contributed by atoms with E-state index in [0.717, 1.165) is 29.2 Å². The van der Waals surface area contributed by atoms with E-state index in [9.17, 15) is 34.3 Å². The molecule has 5 rings (SSSR count). The maximum Gasteiger partial charge on any atom is 0.311 e. The first-order chi connectivity index (χ1) is 17.7. The van der Waals surface area contributed by atoms with E-state index < -0.39 is 45.7 Å². The van der Waals surface area contributed by atoms with Crippen molar-refractivity contribution >= 4 is 34.5 Å². The number of aliphatic hydroxyl groups is 1. The monoisotopic (exact) mass is 505 g/mol. The Morgan fingerprint density at radius 2 is 1.84 bits per heavy atom. The van der Waals surface area contributed by atoms with Crippen molar-refractivity contribution < 1.29 is 33.9 Å². The number of nitro groups is 1. The molecule has 2 aliphatic heterocycles. The Morgan fingerprint density at radius 1 is 1.11 bits per heavy atom. The molecule has 188 valence electrons. The molecule has 1 unspecified atom stereocenters. The van der Waals surface area contributed by atoms with E-state index in [1.165, 1.54) is 24.3 Å². The van der Waals surface area contributed by atoms with Crippen LogP contribution in [0.2, 0.25) is 0 Å². The molecule has 0 aromatic heterocycles. The van der Waals surface area contributed by atoms with Gasteiger partial charge >= 0.3 is 5.69 Å². The fourth-order valence-corrected chi connectivity index (χ4v) is 4.53. The van der Waals surface area contributed by atoms with Gasteiger partial charge in [0.2, 0.25) is 0 Å². The molecule has 11 heteroatoms. The number of ether oxygens (including phenoxy) is 1. The standard InChI is InChI=1S/C26H20FN3O7/c1-28-10-11-37-21-9-3-15(13-19(21)28)24(32)22-23(14-2-8-20(31)18(12-14)30(35)36)29(26(34)25(22)33)17-6-4-16(27)5-7-17/h2-9,12-13,23,31-32H,10-11H2,1H3/b24-22+. The molecule has 1 fully saturated rings. The molecule has 1 atom stereocenters. The molecule has 37 heavy (non-hydrogen) atoms. The van der Waals surface area contributed by atoms with E-state index in [1.54, 1.807) is 12.1 Å². The molecule has 2 heterocycles. The number of phenolic OH excluding ortho intramolecular Hbond substituents is 1. The van der Waals surface area contributed by atoms with Crippen molar-refractivity contribution in [3.63, 3.8) is 0 Å². The Bertz CT molecular complexity index is 1490. The molecular formula is C26H20FN3O7. The highest BCUT2D eigenvalue weighted by molar-refractivity contribution is 6.51.